The zero-order valence-electron chi connectivity index (χ0n) is 14.0. The fraction of sp³-hybridized carbons (Fsp3) is 0.278. The highest BCUT2D eigenvalue weighted by molar-refractivity contribution is 5.95. The molecule has 5 rings (SSSR count). The van der Waals surface area contributed by atoms with Gasteiger partial charge in [-0.2, -0.15) is 9.61 Å². The molecule has 2 aliphatic heterocycles. The summed E-state index contributed by atoms with van der Waals surface area (Å²) >= 11 is 0. The van der Waals surface area contributed by atoms with E-state index in [2.05, 4.69) is 15.0 Å². The molecule has 2 aromatic heterocycles. The van der Waals surface area contributed by atoms with Crippen LogP contribution >= 0.6 is 0 Å². The zero-order valence-corrected chi connectivity index (χ0v) is 14.0. The molecule has 3 aromatic rings. The molecule has 0 aliphatic carbocycles. The Morgan fingerprint density at radius 1 is 0.962 bits per heavy atom. The van der Waals surface area contributed by atoms with E-state index >= 15 is 0 Å². The standard InChI is InChI=1S/C18H17N5O3/c24-18(13-1-2-14-15(11-13)26-12-25-14)22-9-7-21(8-10-22)17-4-5-19-16-3-6-20-23(16)17/h1-6,11H,7-10,12H2. The zero-order chi connectivity index (χ0) is 17.5. The molecule has 0 unspecified atom stereocenters. The van der Waals surface area contributed by atoms with Crippen LogP contribution in [0.4, 0.5) is 5.82 Å². The summed E-state index contributed by atoms with van der Waals surface area (Å²) in [6.45, 7) is 3.00. The summed E-state index contributed by atoms with van der Waals surface area (Å²) in [5, 5.41) is 4.34. The van der Waals surface area contributed by atoms with Gasteiger partial charge in [-0.15, -0.1) is 0 Å². The predicted octanol–water partition coefficient (Wildman–Crippen LogP) is 1.42. The van der Waals surface area contributed by atoms with Crippen molar-refractivity contribution in [2.45, 2.75) is 0 Å². The van der Waals surface area contributed by atoms with E-state index in [-0.39, 0.29) is 12.7 Å². The van der Waals surface area contributed by atoms with Crippen LogP contribution in [0, 0.1) is 0 Å². The third-order valence-corrected chi connectivity index (χ3v) is 4.78. The summed E-state index contributed by atoms with van der Waals surface area (Å²) in [5.41, 5.74) is 1.45. The van der Waals surface area contributed by atoms with Crippen molar-refractivity contribution in [1.29, 1.82) is 0 Å². The van der Waals surface area contributed by atoms with Crippen LogP contribution in [0.1, 0.15) is 10.4 Å². The summed E-state index contributed by atoms with van der Waals surface area (Å²) in [4.78, 5) is 21.2. The molecule has 8 nitrogen and oxygen atoms in total. The Bertz CT molecular complexity index is 978. The largest absolute Gasteiger partial charge is 0.454 e. The molecule has 26 heavy (non-hydrogen) atoms. The van der Waals surface area contributed by atoms with Gasteiger partial charge in [-0.1, -0.05) is 0 Å². The van der Waals surface area contributed by atoms with Crippen molar-refractivity contribution in [3.63, 3.8) is 0 Å². The van der Waals surface area contributed by atoms with E-state index in [9.17, 15) is 4.79 Å². The summed E-state index contributed by atoms with van der Waals surface area (Å²) in [6, 6.07) is 9.17. The molecule has 0 radical (unpaired) electrons. The third kappa shape index (κ3) is 2.42. The molecule has 0 saturated carbocycles. The first-order chi connectivity index (χ1) is 12.8. The van der Waals surface area contributed by atoms with Gasteiger partial charge >= 0.3 is 0 Å². The van der Waals surface area contributed by atoms with Gasteiger partial charge in [-0.3, -0.25) is 4.79 Å². The molecule has 0 atom stereocenters. The smallest absolute Gasteiger partial charge is 0.254 e. The second kappa shape index (κ2) is 5.91. The van der Waals surface area contributed by atoms with Crippen LogP contribution < -0.4 is 14.4 Å². The van der Waals surface area contributed by atoms with Gasteiger partial charge in [0.15, 0.2) is 17.1 Å². The van der Waals surface area contributed by atoms with Gasteiger partial charge in [0.1, 0.15) is 5.82 Å². The number of anilines is 1. The second-order valence-corrected chi connectivity index (χ2v) is 6.25. The number of nitrogens with zero attached hydrogens (tertiary/aromatic N) is 5. The Morgan fingerprint density at radius 3 is 2.69 bits per heavy atom. The lowest BCUT2D eigenvalue weighted by Gasteiger charge is -2.36. The highest BCUT2D eigenvalue weighted by Gasteiger charge is 2.25. The Hall–Kier alpha value is -3.29. The van der Waals surface area contributed by atoms with E-state index in [0.717, 1.165) is 24.6 Å². The number of amides is 1. The Kier molecular flexibility index (Phi) is 3.41. The SMILES string of the molecule is O=C(c1ccc2c(c1)OCO2)N1CCN(c2ccnc3ccnn23)CC1. The van der Waals surface area contributed by atoms with E-state index in [1.165, 1.54) is 0 Å². The molecule has 0 bridgehead atoms. The van der Waals surface area contributed by atoms with Gasteiger partial charge in [0.05, 0.1) is 6.20 Å². The minimum atomic E-state index is 0.0157. The molecular weight excluding hydrogens is 334 g/mol. The topological polar surface area (TPSA) is 72.2 Å². The lowest BCUT2D eigenvalue weighted by molar-refractivity contribution is 0.0746. The molecule has 0 spiro atoms. The van der Waals surface area contributed by atoms with Crippen molar-refractivity contribution >= 4 is 17.4 Å². The van der Waals surface area contributed by atoms with Gasteiger partial charge in [-0.05, 0) is 24.3 Å². The fourth-order valence-electron chi connectivity index (χ4n) is 3.41. The maximum atomic E-state index is 12.8. The number of carbonyl (C=O) groups excluding carboxylic acids is 1. The maximum absolute atomic E-state index is 12.8. The number of ether oxygens (including phenoxy) is 2. The Labute approximate surface area is 149 Å². The number of benzene rings is 1. The first-order valence-electron chi connectivity index (χ1n) is 8.52. The van der Waals surface area contributed by atoms with E-state index in [4.69, 9.17) is 9.47 Å². The minimum Gasteiger partial charge on any atom is -0.454 e. The molecule has 4 heterocycles. The van der Waals surface area contributed by atoms with Crippen molar-refractivity contribution < 1.29 is 14.3 Å². The number of rotatable bonds is 2. The van der Waals surface area contributed by atoms with Gasteiger partial charge in [0.2, 0.25) is 6.79 Å². The Balaban J connectivity index is 1.31. The molecule has 2 aliphatic rings. The van der Waals surface area contributed by atoms with E-state index in [1.54, 1.807) is 30.6 Å². The molecule has 132 valence electrons. The predicted molar refractivity (Wildman–Crippen MR) is 93.7 cm³/mol. The van der Waals surface area contributed by atoms with Crippen LogP contribution in [0.2, 0.25) is 0 Å². The van der Waals surface area contributed by atoms with Crippen molar-refractivity contribution in [3.8, 4) is 11.5 Å². The minimum absolute atomic E-state index is 0.0157. The van der Waals surface area contributed by atoms with Crippen molar-refractivity contribution in [2.75, 3.05) is 37.9 Å². The lowest BCUT2D eigenvalue weighted by atomic mass is 10.1. The summed E-state index contributed by atoms with van der Waals surface area (Å²) in [5.74, 6) is 2.33. The van der Waals surface area contributed by atoms with Gasteiger partial charge in [-0.25, -0.2) is 4.98 Å². The fourth-order valence-corrected chi connectivity index (χ4v) is 3.41. The monoisotopic (exact) mass is 351 g/mol. The van der Waals surface area contributed by atoms with Crippen LogP contribution in [0.5, 0.6) is 11.5 Å². The first kappa shape index (κ1) is 15.0. The number of hydrogen-bond donors (Lipinski definition) is 0. The van der Waals surface area contributed by atoms with E-state index in [0.29, 0.717) is 30.2 Å². The van der Waals surface area contributed by atoms with Crippen molar-refractivity contribution in [3.05, 3.63) is 48.3 Å². The van der Waals surface area contributed by atoms with E-state index < -0.39 is 0 Å². The van der Waals surface area contributed by atoms with Gasteiger partial charge < -0.3 is 19.3 Å². The van der Waals surface area contributed by atoms with Crippen LogP contribution in [0.3, 0.4) is 0 Å². The van der Waals surface area contributed by atoms with E-state index in [1.807, 2.05) is 21.5 Å². The van der Waals surface area contributed by atoms with Crippen LogP contribution in [-0.2, 0) is 0 Å². The van der Waals surface area contributed by atoms with Crippen LogP contribution in [0.15, 0.2) is 42.7 Å². The second-order valence-electron chi connectivity index (χ2n) is 6.25. The summed E-state index contributed by atoms with van der Waals surface area (Å²) in [7, 11) is 0. The number of aromatic nitrogens is 3. The average Bonchev–Trinajstić information content (AvgIpc) is 3.35. The molecule has 1 saturated heterocycles. The molecule has 0 N–H and O–H groups in total. The Morgan fingerprint density at radius 2 is 1.81 bits per heavy atom. The molecule has 1 fully saturated rings. The maximum Gasteiger partial charge on any atom is 0.254 e. The number of piperazine rings is 1. The first-order valence-corrected chi connectivity index (χ1v) is 8.52. The molecule has 1 amide bonds. The number of hydrogen-bond acceptors (Lipinski definition) is 6. The summed E-state index contributed by atoms with van der Waals surface area (Å²) < 4.78 is 12.5. The summed E-state index contributed by atoms with van der Waals surface area (Å²) in [6.07, 6.45) is 3.53. The van der Waals surface area contributed by atoms with Gasteiger partial charge in [0.25, 0.3) is 5.91 Å². The van der Waals surface area contributed by atoms with Crippen molar-refractivity contribution in [2.24, 2.45) is 0 Å². The lowest BCUT2D eigenvalue weighted by Crippen LogP contribution is -2.49. The highest BCUT2D eigenvalue weighted by Crippen LogP contribution is 2.33. The third-order valence-electron chi connectivity index (χ3n) is 4.78. The van der Waals surface area contributed by atoms with Gasteiger partial charge in [0, 0.05) is 44.0 Å². The quantitative estimate of drug-likeness (QED) is 0.695. The highest BCUT2D eigenvalue weighted by atomic mass is 16.7. The van der Waals surface area contributed by atoms with Crippen molar-refractivity contribution in [1.82, 2.24) is 19.5 Å². The molecule has 8 heteroatoms. The number of carbonyl (C=O) groups is 1. The van der Waals surface area contributed by atoms with Crippen LogP contribution in [0.25, 0.3) is 5.65 Å². The van der Waals surface area contributed by atoms with Crippen LogP contribution in [-0.4, -0.2) is 58.4 Å². The number of fused-ring (bicyclic) bond motifs is 2. The normalized spacial score (nSPS) is 16.3. The molecule has 1 aromatic carbocycles. The average molecular weight is 351 g/mol. The molecular formula is C18H17N5O3.